The average molecular weight is 273 g/mol. The molecule has 0 spiro atoms. The molecule has 1 aromatic carbocycles. The number of carbonyl (C=O) groups is 2. The van der Waals surface area contributed by atoms with E-state index >= 15 is 0 Å². The highest BCUT2D eigenvalue weighted by Crippen LogP contribution is 2.21. The molecule has 7 nitrogen and oxygen atoms in total. The first-order valence-corrected chi connectivity index (χ1v) is 6.30. The molecule has 0 atom stereocenters. The second kappa shape index (κ2) is 5.25. The van der Waals surface area contributed by atoms with Gasteiger partial charge in [-0.25, -0.2) is 0 Å². The van der Waals surface area contributed by atoms with Crippen LogP contribution in [0.1, 0.15) is 27.6 Å². The van der Waals surface area contributed by atoms with Crippen LogP contribution >= 0.6 is 0 Å². The third-order valence-electron chi connectivity index (χ3n) is 2.19. The molecule has 8 heteroatoms. The van der Waals surface area contributed by atoms with E-state index in [1.807, 2.05) is 0 Å². The van der Waals surface area contributed by atoms with Gasteiger partial charge in [-0.1, -0.05) is 12.1 Å². The molecule has 1 aromatic rings. The first kappa shape index (κ1) is 14.3. The highest BCUT2D eigenvalue weighted by Gasteiger charge is 2.33. The van der Waals surface area contributed by atoms with E-state index < -0.39 is 10.4 Å². The molecule has 0 bridgehead atoms. The fourth-order valence-corrected chi connectivity index (χ4v) is 1.53. The van der Waals surface area contributed by atoms with Crippen LogP contribution in [0.3, 0.4) is 0 Å². The molecule has 2 amide bonds. The molecule has 0 aromatic heterocycles. The Morgan fingerprint density at radius 2 is 1.39 bits per heavy atom. The monoisotopic (exact) mass is 273 g/mol. The van der Waals surface area contributed by atoms with E-state index in [2.05, 4.69) is 0 Å². The molecule has 1 aliphatic heterocycles. The summed E-state index contributed by atoms with van der Waals surface area (Å²) in [5.74, 6) is -0.355. The lowest BCUT2D eigenvalue weighted by Gasteiger charge is -2.08. The maximum atomic E-state index is 11.5. The SMILES string of the molecule is CCN1C(=O)c2ccccc2C1=O.O=S(=O)(O)O. The molecule has 2 N–H and O–H groups in total. The van der Waals surface area contributed by atoms with Gasteiger partial charge in [-0.15, -0.1) is 0 Å². The Morgan fingerprint density at radius 1 is 1.06 bits per heavy atom. The van der Waals surface area contributed by atoms with E-state index in [1.54, 1.807) is 31.2 Å². The molecule has 0 fully saturated rings. The lowest BCUT2D eigenvalue weighted by atomic mass is 10.1. The van der Waals surface area contributed by atoms with E-state index in [9.17, 15) is 9.59 Å². The predicted octanol–water partition coefficient (Wildman–Crippen LogP) is 0.650. The predicted molar refractivity (Wildman–Crippen MR) is 61.7 cm³/mol. The summed E-state index contributed by atoms with van der Waals surface area (Å²) in [7, 11) is -4.67. The van der Waals surface area contributed by atoms with Crippen LogP contribution in [0.15, 0.2) is 24.3 Å². The number of carbonyl (C=O) groups excluding carboxylic acids is 2. The van der Waals surface area contributed by atoms with Gasteiger partial charge in [0.15, 0.2) is 0 Å². The van der Waals surface area contributed by atoms with Gasteiger partial charge in [-0.05, 0) is 19.1 Å². The van der Waals surface area contributed by atoms with Gasteiger partial charge in [0.1, 0.15) is 0 Å². The van der Waals surface area contributed by atoms with Crippen molar-refractivity contribution in [3.05, 3.63) is 35.4 Å². The summed E-state index contributed by atoms with van der Waals surface area (Å²) in [5.41, 5.74) is 1.05. The maximum Gasteiger partial charge on any atom is 0.394 e. The maximum absolute atomic E-state index is 11.5. The van der Waals surface area contributed by atoms with Gasteiger partial charge >= 0.3 is 10.4 Å². The number of benzene rings is 1. The Kier molecular flexibility index (Phi) is 4.17. The van der Waals surface area contributed by atoms with Crippen molar-refractivity contribution in [3.8, 4) is 0 Å². The largest absolute Gasteiger partial charge is 0.394 e. The van der Waals surface area contributed by atoms with Crippen LogP contribution in [0.5, 0.6) is 0 Å². The Hall–Kier alpha value is -1.77. The smallest absolute Gasteiger partial charge is 0.275 e. The van der Waals surface area contributed by atoms with Gasteiger partial charge in [-0.3, -0.25) is 23.6 Å². The zero-order chi connectivity index (χ0) is 13.9. The topological polar surface area (TPSA) is 112 Å². The Bertz CT molecular complexity index is 537. The Morgan fingerprint density at radius 3 is 1.67 bits per heavy atom. The normalized spacial score (nSPS) is 14.1. The van der Waals surface area contributed by atoms with Crippen molar-refractivity contribution in [1.29, 1.82) is 0 Å². The molecule has 0 unspecified atom stereocenters. The first-order chi connectivity index (χ1) is 8.25. The Balaban J connectivity index is 0.000000280. The molecule has 18 heavy (non-hydrogen) atoms. The second-order valence-electron chi connectivity index (χ2n) is 3.35. The number of amides is 2. The van der Waals surface area contributed by atoms with Crippen molar-refractivity contribution in [1.82, 2.24) is 4.90 Å². The van der Waals surface area contributed by atoms with Crippen LogP contribution in [0, 0.1) is 0 Å². The lowest BCUT2D eigenvalue weighted by molar-refractivity contribution is 0.0663. The standard InChI is InChI=1S/C10H9NO2.H2O4S/c1-2-11-9(12)7-5-3-4-6-8(7)10(11)13;1-5(2,3)4/h3-6H,2H2,1H3;(H2,1,2,3,4). The molecular formula is C10H11NO6S. The molecule has 0 saturated carbocycles. The quantitative estimate of drug-likeness (QED) is 0.574. The summed E-state index contributed by atoms with van der Waals surface area (Å²) in [4.78, 5) is 24.3. The second-order valence-corrected chi connectivity index (χ2v) is 4.24. The number of rotatable bonds is 1. The van der Waals surface area contributed by atoms with Gasteiger partial charge in [-0.2, -0.15) is 8.42 Å². The van der Waals surface area contributed by atoms with Crippen molar-refractivity contribution in [3.63, 3.8) is 0 Å². The van der Waals surface area contributed by atoms with Crippen molar-refractivity contribution in [2.45, 2.75) is 6.92 Å². The van der Waals surface area contributed by atoms with E-state index in [4.69, 9.17) is 17.5 Å². The van der Waals surface area contributed by atoms with Crippen LogP contribution in [0.25, 0.3) is 0 Å². The minimum Gasteiger partial charge on any atom is -0.275 e. The molecule has 0 radical (unpaired) electrons. The molecule has 1 aliphatic rings. The highest BCUT2D eigenvalue weighted by molar-refractivity contribution is 7.79. The summed E-state index contributed by atoms with van der Waals surface area (Å²) >= 11 is 0. The zero-order valence-electron chi connectivity index (χ0n) is 9.40. The van der Waals surface area contributed by atoms with E-state index in [0.717, 1.165) is 0 Å². The van der Waals surface area contributed by atoms with Gasteiger partial charge in [0.05, 0.1) is 11.1 Å². The van der Waals surface area contributed by atoms with Crippen LogP contribution in [0.4, 0.5) is 0 Å². The summed E-state index contributed by atoms with van der Waals surface area (Å²) < 4.78 is 31.6. The fraction of sp³-hybridized carbons (Fsp3) is 0.200. The molecule has 0 saturated heterocycles. The van der Waals surface area contributed by atoms with Crippen LogP contribution < -0.4 is 0 Å². The number of fused-ring (bicyclic) bond motifs is 1. The van der Waals surface area contributed by atoms with E-state index in [-0.39, 0.29) is 11.8 Å². The van der Waals surface area contributed by atoms with E-state index in [1.165, 1.54) is 4.90 Å². The molecule has 2 rings (SSSR count). The van der Waals surface area contributed by atoms with Crippen molar-refractivity contribution in [2.24, 2.45) is 0 Å². The van der Waals surface area contributed by atoms with Crippen LogP contribution in [0.2, 0.25) is 0 Å². The summed E-state index contributed by atoms with van der Waals surface area (Å²) in [6.07, 6.45) is 0. The van der Waals surface area contributed by atoms with Gasteiger partial charge in [0, 0.05) is 6.54 Å². The number of nitrogens with zero attached hydrogens (tertiary/aromatic N) is 1. The van der Waals surface area contributed by atoms with Crippen LogP contribution in [-0.2, 0) is 10.4 Å². The van der Waals surface area contributed by atoms with Crippen molar-refractivity contribution >= 4 is 22.2 Å². The van der Waals surface area contributed by atoms with Gasteiger partial charge in [0.2, 0.25) is 0 Å². The number of imide groups is 1. The third-order valence-corrected chi connectivity index (χ3v) is 2.19. The van der Waals surface area contributed by atoms with Gasteiger partial charge < -0.3 is 0 Å². The third kappa shape index (κ3) is 3.36. The molecular weight excluding hydrogens is 262 g/mol. The number of hydrogen-bond acceptors (Lipinski definition) is 4. The summed E-state index contributed by atoms with van der Waals surface area (Å²) in [6, 6.07) is 6.91. The van der Waals surface area contributed by atoms with Crippen molar-refractivity contribution < 1.29 is 27.1 Å². The molecule has 98 valence electrons. The molecule has 0 aliphatic carbocycles. The Labute approximate surface area is 104 Å². The van der Waals surface area contributed by atoms with Crippen molar-refractivity contribution in [2.75, 3.05) is 6.54 Å². The lowest BCUT2D eigenvalue weighted by Crippen LogP contribution is -2.29. The fourth-order valence-electron chi connectivity index (χ4n) is 1.53. The number of hydrogen-bond donors (Lipinski definition) is 2. The summed E-state index contributed by atoms with van der Waals surface area (Å²) in [5, 5.41) is 0. The van der Waals surface area contributed by atoms with Crippen LogP contribution in [-0.4, -0.2) is 40.8 Å². The minimum absolute atomic E-state index is 0.178. The summed E-state index contributed by atoms with van der Waals surface area (Å²) in [6.45, 7) is 2.23. The zero-order valence-corrected chi connectivity index (χ0v) is 10.2. The minimum atomic E-state index is -4.67. The first-order valence-electron chi connectivity index (χ1n) is 4.90. The van der Waals surface area contributed by atoms with Gasteiger partial charge in [0.25, 0.3) is 11.8 Å². The highest BCUT2D eigenvalue weighted by atomic mass is 32.3. The average Bonchev–Trinajstić information content (AvgIpc) is 2.50. The molecule has 1 heterocycles. The van der Waals surface area contributed by atoms with E-state index in [0.29, 0.717) is 17.7 Å².